The molecule has 0 fully saturated rings. The van der Waals surface area contributed by atoms with Crippen LogP contribution in [-0.4, -0.2) is 14.7 Å². The van der Waals surface area contributed by atoms with Crippen molar-refractivity contribution in [3.63, 3.8) is 0 Å². The SMILES string of the molecule is CCCCc1nc2cccc(CO)c2n1Cc1ccccc1Cl.Cl. The van der Waals surface area contributed by atoms with E-state index in [2.05, 4.69) is 11.5 Å². The Kier molecular flexibility index (Phi) is 6.67. The number of halogens is 2. The minimum atomic E-state index is 0. The first-order chi connectivity index (χ1) is 11.2. The number of aryl methyl sites for hydroxylation is 1. The summed E-state index contributed by atoms with van der Waals surface area (Å²) in [5.41, 5.74) is 3.93. The first kappa shape index (κ1) is 18.8. The van der Waals surface area contributed by atoms with Crippen LogP contribution in [0.1, 0.15) is 36.7 Å². The van der Waals surface area contributed by atoms with E-state index < -0.39 is 0 Å². The number of imidazole rings is 1. The number of hydrogen-bond donors (Lipinski definition) is 1. The monoisotopic (exact) mass is 364 g/mol. The van der Waals surface area contributed by atoms with E-state index in [0.29, 0.717) is 6.54 Å². The molecule has 128 valence electrons. The van der Waals surface area contributed by atoms with Crippen molar-refractivity contribution in [2.75, 3.05) is 0 Å². The van der Waals surface area contributed by atoms with Crippen molar-refractivity contribution in [3.05, 3.63) is 64.4 Å². The molecule has 0 saturated carbocycles. The lowest BCUT2D eigenvalue weighted by Gasteiger charge is -2.12. The summed E-state index contributed by atoms with van der Waals surface area (Å²) in [4.78, 5) is 4.79. The Labute approximate surface area is 153 Å². The number of para-hydroxylation sites is 1. The van der Waals surface area contributed by atoms with Gasteiger partial charge < -0.3 is 9.67 Å². The smallest absolute Gasteiger partial charge is 0.110 e. The number of unbranched alkanes of at least 4 members (excludes halogenated alkanes) is 1. The lowest BCUT2D eigenvalue weighted by Crippen LogP contribution is -2.07. The first-order valence-corrected chi connectivity index (χ1v) is 8.43. The third kappa shape index (κ3) is 3.75. The zero-order chi connectivity index (χ0) is 16.2. The fraction of sp³-hybridized carbons (Fsp3) is 0.316. The molecule has 24 heavy (non-hydrogen) atoms. The molecule has 0 radical (unpaired) electrons. The van der Waals surface area contributed by atoms with Gasteiger partial charge in [0.15, 0.2) is 0 Å². The summed E-state index contributed by atoms with van der Waals surface area (Å²) in [7, 11) is 0. The Hall–Kier alpha value is -1.55. The van der Waals surface area contributed by atoms with E-state index >= 15 is 0 Å². The van der Waals surface area contributed by atoms with Gasteiger partial charge in [0.1, 0.15) is 5.82 Å². The van der Waals surface area contributed by atoms with E-state index in [9.17, 15) is 5.11 Å². The maximum absolute atomic E-state index is 9.70. The highest BCUT2D eigenvalue weighted by Crippen LogP contribution is 2.25. The number of fused-ring (bicyclic) bond motifs is 1. The lowest BCUT2D eigenvalue weighted by molar-refractivity contribution is 0.283. The van der Waals surface area contributed by atoms with Crippen molar-refractivity contribution in [2.45, 2.75) is 39.3 Å². The van der Waals surface area contributed by atoms with Gasteiger partial charge in [-0.2, -0.15) is 0 Å². The molecule has 0 spiro atoms. The van der Waals surface area contributed by atoms with Crippen molar-refractivity contribution >= 4 is 35.0 Å². The summed E-state index contributed by atoms with van der Waals surface area (Å²) < 4.78 is 2.21. The zero-order valence-electron chi connectivity index (χ0n) is 13.7. The normalized spacial score (nSPS) is 10.8. The van der Waals surface area contributed by atoms with Crippen molar-refractivity contribution in [3.8, 4) is 0 Å². The average molecular weight is 365 g/mol. The second kappa shape index (κ2) is 8.52. The van der Waals surface area contributed by atoms with Gasteiger partial charge in [0, 0.05) is 17.0 Å². The molecule has 2 aromatic carbocycles. The third-order valence-electron chi connectivity index (χ3n) is 4.14. The summed E-state index contributed by atoms with van der Waals surface area (Å²) in [6, 6.07) is 13.8. The molecule has 0 aliphatic rings. The molecule has 0 saturated heterocycles. The van der Waals surface area contributed by atoms with Crippen molar-refractivity contribution < 1.29 is 5.11 Å². The van der Waals surface area contributed by atoms with E-state index in [1.807, 2.05) is 42.5 Å². The first-order valence-electron chi connectivity index (χ1n) is 8.05. The molecule has 1 heterocycles. The van der Waals surface area contributed by atoms with Crippen LogP contribution in [0, 0.1) is 0 Å². The van der Waals surface area contributed by atoms with Gasteiger partial charge in [-0.3, -0.25) is 0 Å². The Bertz CT molecular complexity index is 814. The fourth-order valence-corrected chi connectivity index (χ4v) is 3.12. The van der Waals surface area contributed by atoms with Crippen LogP contribution in [-0.2, 0) is 19.6 Å². The molecule has 1 N–H and O–H groups in total. The van der Waals surface area contributed by atoms with Gasteiger partial charge in [-0.1, -0.05) is 55.3 Å². The van der Waals surface area contributed by atoms with Crippen LogP contribution in [0.2, 0.25) is 5.02 Å². The Morgan fingerprint density at radius 2 is 1.83 bits per heavy atom. The average Bonchev–Trinajstić information content (AvgIpc) is 2.92. The summed E-state index contributed by atoms with van der Waals surface area (Å²) >= 11 is 6.34. The minimum absolute atomic E-state index is 0. The Morgan fingerprint density at radius 1 is 1.08 bits per heavy atom. The van der Waals surface area contributed by atoms with Crippen LogP contribution in [0.5, 0.6) is 0 Å². The number of aliphatic hydroxyl groups is 1. The molecule has 0 atom stereocenters. The van der Waals surface area contributed by atoms with Crippen molar-refractivity contribution in [1.29, 1.82) is 0 Å². The van der Waals surface area contributed by atoms with E-state index in [0.717, 1.165) is 52.3 Å². The quantitative estimate of drug-likeness (QED) is 0.668. The van der Waals surface area contributed by atoms with Crippen LogP contribution in [0.3, 0.4) is 0 Å². The highest BCUT2D eigenvalue weighted by molar-refractivity contribution is 6.31. The third-order valence-corrected chi connectivity index (χ3v) is 4.51. The van der Waals surface area contributed by atoms with Crippen molar-refractivity contribution in [2.24, 2.45) is 0 Å². The van der Waals surface area contributed by atoms with Gasteiger partial charge >= 0.3 is 0 Å². The van der Waals surface area contributed by atoms with E-state index in [1.54, 1.807) is 0 Å². The van der Waals surface area contributed by atoms with Gasteiger partial charge in [-0.25, -0.2) is 4.98 Å². The van der Waals surface area contributed by atoms with Gasteiger partial charge in [0.2, 0.25) is 0 Å². The second-order valence-corrected chi connectivity index (χ2v) is 6.16. The van der Waals surface area contributed by atoms with Crippen LogP contribution in [0.15, 0.2) is 42.5 Å². The van der Waals surface area contributed by atoms with Crippen LogP contribution >= 0.6 is 24.0 Å². The van der Waals surface area contributed by atoms with Crippen LogP contribution in [0.4, 0.5) is 0 Å². The summed E-state index contributed by atoms with van der Waals surface area (Å²) in [6.07, 6.45) is 3.16. The van der Waals surface area contributed by atoms with Crippen molar-refractivity contribution in [1.82, 2.24) is 9.55 Å². The number of aliphatic hydroxyl groups excluding tert-OH is 1. The molecule has 0 aliphatic carbocycles. The highest BCUT2D eigenvalue weighted by Gasteiger charge is 2.14. The fourth-order valence-electron chi connectivity index (χ4n) is 2.93. The topological polar surface area (TPSA) is 38.1 Å². The van der Waals surface area contributed by atoms with Gasteiger partial charge in [0.05, 0.1) is 24.2 Å². The van der Waals surface area contributed by atoms with Crippen LogP contribution < -0.4 is 0 Å². The summed E-state index contributed by atoms with van der Waals surface area (Å²) in [5.74, 6) is 1.06. The molecule has 3 nitrogen and oxygen atoms in total. The predicted molar refractivity (Wildman–Crippen MR) is 102 cm³/mol. The van der Waals surface area contributed by atoms with Crippen LogP contribution in [0.25, 0.3) is 11.0 Å². The molecular formula is C19H22Cl2N2O. The largest absolute Gasteiger partial charge is 0.392 e. The zero-order valence-corrected chi connectivity index (χ0v) is 15.3. The number of hydrogen-bond acceptors (Lipinski definition) is 2. The summed E-state index contributed by atoms with van der Waals surface area (Å²) in [6.45, 7) is 2.87. The Balaban J connectivity index is 0.00000208. The number of rotatable bonds is 6. The molecule has 3 aromatic rings. The molecule has 5 heteroatoms. The van der Waals surface area contributed by atoms with E-state index in [1.165, 1.54) is 0 Å². The van der Waals surface area contributed by atoms with Gasteiger partial charge in [0.25, 0.3) is 0 Å². The predicted octanol–water partition coefficient (Wildman–Crippen LogP) is 4.99. The number of aromatic nitrogens is 2. The molecule has 0 bridgehead atoms. The molecule has 0 aliphatic heterocycles. The van der Waals surface area contributed by atoms with Gasteiger partial charge in [-0.05, 0) is 24.1 Å². The molecule has 1 aromatic heterocycles. The van der Waals surface area contributed by atoms with Gasteiger partial charge in [-0.15, -0.1) is 12.4 Å². The minimum Gasteiger partial charge on any atom is -0.392 e. The van der Waals surface area contributed by atoms with E-state index in [-0.39, 0.29) is 19.0 Å². The Morgan fingerprint density at radius 3 is 2.54 bits per heavy atom. The molecular weight excluding hydrogens is 343 g/mol. The number of nitrogens with zero attached hydrogens (tertiary/aromatic N) is 2. The number of benzene rings is 2. The highest BCUT2D eigenvalue weighted by atomic mass is 35.5. The second-order valence-electron chi connectivity index (χ2n) is 5.75. The standard InChI is InChI=1S/C19H21ClN2O.ClH/c1-2-3-11-18-21-17-10-6-8-15(13-23)19(17)22(18)12-14-7-4-5-9-16(14)20;/h4-10,23H,2-3,11-13H2,1H3;1H. The molecule has 3 rings (SSSR count). The molecule has 0 unspecified atom stereocenters. The maximum Gasteiger partial charge on any atom is 0.110 e. The van der Waals surface area contributed by atoms with E-state index in [4.69, 9.17) is 16.6 Å². The summed E-state index contributed by atoms with van der Waals surface area (Å²) in [5, 5.41) is 10.5. The maximum atomic E-state index is 9.70. The lowest BCUT2D eigenvalue weighted by atomic mass is 10.1. The molecule has 0 amide bonds.